The number of rotatable bonds is 5. The third-order valence-corrected chi connectivity index (χ3v) is 3.99. The lowest BCUT2D eigenvalue weighted by Crippen LogP contribution is -2.36. The second kappa shape index (κ2) is 6.34. The van der Waals surface area contributed by atoms with Crippen molar-refractivity contribution >= 4 is 0 Å². The molecule has 0 aliphatic carbocycles. The molecule has 0 aromatic rings. The van der Waals surface area contributed by atoms with Gasteiger partial charge in [-0.05, 0) is 32.4 Å². The van der Waals surface area contributed by atoms with E-state index < -0.39 is 0 Å². The zero-order chi connectivity index (χ0) is 12.1. The van der Waals surface area contributed by atoms with Gasteiger partial charge < -0.3 is 9.64 Å². The first kappa shape index (κ1) is 12.8. The largest absolute Gasteiger partial charge is 0.385 e. The van der Waals surface area contributed by atoms with Crippen molar-refractivity contribution in [1.29, 1.82) is 5.26 Å². The Morgan fingerprint density at radius 1 is 1.29 bits per heavy atom. The van der Waals surface area contributed by atoms with Gasteiger partial charge in [0.2, 0.25) is 0 Å². The van der Waals surface area contributed by atoms with E-state index in [2.05, 4.69) is 15.9 Å². The molecule has 2 fully saturated rings. The van der Waals surface area contributed by atoms with Gasteiger partial charge in [0.1, 0.15) is 0 Å². The first-order valence-corrected chi connectivity index (χ1v) is 6.68. The van der Waals surface area contributed by atoms with Crippen molar-refractivity contribution in [2.75, 3.05) is 46.4 Å². The van der Waals surface area contributed by atoms with Crippen LogP contribution in [0.25, 0.3) is 0 Å². The molecule has 0 aromatic heterocycles. The first-order chi connectivity index (χ1) is 8.33. The van der Waals surface area contributed by atoms with Crippen LogP contribution in [0, 0.1) is 17.2 Å². The number of ether oxygens (including phenoxy) is 1. The molecule has 2 rings (SSSR count). The third-order valence-electron chi connectivity index (χ3n) is 3.99. The predicted molar refractivity (Wildman–Crippen MR) is 66.6 cm³/mol. The Balaban J connectivity index is 1.69. The van der Waals surface area contributed by atoms with E-state index in [1.165, 1.54) is 19.5 Å². The van der Waals surface area contributed by atoms with Crippen molar-refractivity contribution in [1.82, 2.24) is 9.80 Å². The summed E-state index contributed by atoms with van der Waals surface area (Å²) in [5.41, 5.74) is 0. The minimum Gasteiger partial charge on any atom is -0.385 e. The highest BCUT2D eigenvalue weighted by molar-refractivity contribution is 4.95. The summed E-state index contributed by atoms with van der Waals surface area (Å²) in [6.45, 7) is 6.52. The molecular formula is C13H23N3O. The van der Waals surface area contributed by atoms with E-state index in [1.54, 1.807) is 7.11 Å². The standard InChI is InChI=1S/C13H23N3O/c1-17-8-2-5-15-6-4-13(11-15)16-7-3-12(9-14)10-16/h12-13H,2-8,10-11H2,1H3. The van der Waals surface area contributed by atoms with Crippen LogP contribution in [0.3, 0.4) is 0 Å². The lowest BCUT2D eigenvalue weighted by molar-refractivity contribution is 0.174. The topological polar surface area (TPSA) is 39.5 Å². The monoisotopic (exact) mass is 237 g/mol. The Kier molecular flexibility index (Phi) is 4.78. The number of methoxy groups -OCH3 is 1. The van der Waals surface area contributed by atoms with Gasteiger partial charge in [0.15, 0.2) is 0 Å². The fraction of sp³-hybridized carbons (Fsp3) is 0.923. The van der Waals surface area contributed by atoms with Crippen LogP contribution in [-0.2, 0) is 4.74 Å². The molecule has 0 aromatic carbocycles. The van der Waals surface area contributed by atoms with Gasteiger partial charge in [-0.15, -0.1) is 0 Å². The van der Waals surface area contributed by atoms with Gasteiger partial charge in [-0.1, -0.05) is 0 Å². The minimum atomic E-state index is 0.276. The second-order valence-corrected chi connectivity index (χ2v) is 5.20. The highest BCUT2D eigenvalue weighted by Gasteiger charge is 2.32. The fourth-order valence-corrected chi connectivity index (χ4v) is 2.97. The van der Waals surface area contributed by atoms with Crippen LogP contribution >= 0.6 is 0 Å². The molecule has 4 nitrogen and oxygen atoms in total. The first-order valence-electron chi connectivity index (χ1n) is 6.68. The van der Waals surface area contributed by atoms with E-state index in [9.17, 15) is 0 Å². The van der Waals surface area contributed by atoms with Crippen molar-refractivity contribution < 1.29 is 4.74 Å². The summed E-state index contributed by atoms with van der Waals surface area (Å²) in [6, 6.07) is 3.09. The molecule has 2 saturated heterocycles. The molecule has 0 radical (unpaired) electrons. The number of nitriles is 1. The molecule has 0 bridgehead atoms. The molecule has 2 atom stereocenters. The van der Waals surface area contributed by atoms with Crippen LogP contribution in [0.2, 0.25) is 0 Å². The number of hydrogen-bond donors (Lipinski definition) is 0. The van der Waals surface area contributed by atoms with E-state index in [0.717, 1.165) is 39.1 Å². The molecule has 17 heavy (non-hydrogen) atoms. The maximum Gasteiger partial charge on any atom is 0.0669 e. The van der Waals surface area contributed by atoms with E-state index in [0.29, 0.717) is 6.04 Å². The number of hydrogen-bond acceptors (Lipinski definition) is 4. The Labute approximate surface area is 104 Å². The van der Waals surface area contributed by atoms with Gasteiger partial charge in [-0.2, -0.15) is 5.26 Å². The highest BCUT2D eigenvalue weighted by Crippen LogP contribution is 2.23. The van der Waals surface area contributed by atoms with Crippen LogP contribution in [0.15, 0.2) is 0 Å². The Hall–Kier alpha value is -0.630. The Morgan fingerprint density at radius 3 is 2.88 bits per heavy atom. The molecule has 0 amide bonds. The molecule has 0 saturated carbocycles. The van der Waals surface area contributed by atoms with Crippen LogP contribution in [0.4, 0.5) is 0 Å². The molecule has 0 spiro atoms. The average Bonchev–Trinajstić information content (AvgIpc) is 2.97. The predicted octanol–water partition coefficient (Wildman–Crippen LogP) is 0.943. The van der Waals surface area contributed by atoms with Crippen molar-refractivity contribution in [2.45, 2.75) is 25.3 Å². The quantitative estimate of drug-likeness (QED) is 0.667. The average molecular weight is 237 g/mol. The number of likely N-dealkylation sites (tertiary alicyclic amines) is 2. The second-order valence-electron chi connectivity index (χ2n) is 5.20. The van der Waals surface area contributed by atoms with Crippen LogP contribution in [-0.4, -0.2) is 62.3 Å². The van der Waals surface area contributed by atoms with Gasteiger partial charge in [-0.3, -0.25) is 4.90 Å². The maximum absolute atomic E-state index is 8.92. The summed E-state index contributed by atoms with van der Waals surface area (Å²) in [7, 11) is 1.76. The van der Waals surface area contributed by atoms with Crippen LogP contribution < -0.4 is 0 Å². The lowest BCUT2D eigenvalue weighted by atomic mass is 10.1. The van der Waals surface area contributed by atoms with Crippen LogP contribution in [0.1, 0.15) is 19.3 Å². The highest BCUT2D eigenvalue weighted by atomic mass is 16.5. The zero-order valence-corrected chi connectivity index (χ0v) is 10.8. The summed E-state index contributed by atoms with van der Waals surface area (Å²) in [5, 5.41) is 8.92. The van der Waals surface area contributed by atoms with Crippen molar-refractivity contribution in [2.24, 2.45) is 5.92 Å². The van der Waals surface area contributed by atoms with E-state index in [-0.39, 0.29) is 5.92 Å². The SMILES string of the molecule is COCCCN1CCC(N2CCC(C#N)C2)C1. The maximum atomic E-state index is 8.92. The lowest BCUT2D eigenvalue weighted by Gasteiger charge is -2.23. The van der Waals surface area contributed by atoms with Gasteiger partial charge in [0, 0.05) is 39.4 Å². The fourth-order valence-electron chi connectivity index (χ4n) is 2.97. The van der Waals surface area contributed by atoms with E-state index in [1.807, 2.05) is 0 Å². The summed E-state index contributed by atoms with van der Waals surface area (Å²) in [6.07, 6.45) is 3.46. The van der Waals surface area contributed by atoms with Crippen molar-refractivity contribution in [3.8, 4) is 6.07 Å². The van der Waals surface area contributed by atoms with Gasteiger partial charge in [0.05, 0.1) is 12.0 Å². The summed E-state index contributed by atoms with van der Waals surface area (Å²) in [4.78, 5) is 5.05. The minimum absolute atomic E-state index is 0.276. The molecule has 2 aliphatic rings. The van der Waals surface area contributed by atoms with Gasteiger partial charge in [0.25, 0.3) is 0 Å². The smallest absolute Gasteiger partial charge is 0.0669 e. The Morgan fingerprint density at radius 2 is 2.18 bits per heavy atom. The molecule has 4 heteroatoms. The summed E-state index contributed by atoms with van der Waals surface area (Å²) < 4.78 is 5.08. The molecule has 2 heterocycles. The van der Waals surface area contributed by atoms with Gasteiger partial charge in [-0.25, -0.2) is 0 Å². The van der Waals surface area contributed by atoms with Crippen LogP contribution in [0.5, 0.6) is 0 Å². The normalized spacial score (nSPS) is 30.8. The van der Waals surface area contributed by atoms with Crippen molar-refractivity contribution in [3.05, 3.63) is 0 Å². The molecular weight excluding hydrogens is 214 g/mol. The number of nitrogens with zero attached hydrogens (tertiary/aromatic N) is 3. The molecule has 96 valence electrons. The van der Waals surface area contributed by atoms with E-state index >= 15 is 0 Å². The molecule has 0 N–H and O–H groups in total. The van der Waals surface area contributed by atoms with Gasteiger partial charge >= 0.3 is 0 Å². The van der Waals surface area contributed by atoms with E-state index in [4.69, 9.17) is 10.00 Å². The molecule has 2 unspecified atom stereocenters. The summed E-state index contributed by atoms with van der Waals surface area (Å²) in [5.74, 6) is 0.276. The Bertz CT molecular complexity index is 276. The third kappa shape index (κ3) is 3.41. The molecule has 2 aliphatic heterocycles. The summed E-state index contributed by atoms with van der Waals surface area (Å²) >= 11 is 0. The van der Waals surface area contributed by atoms with Crippen molar-refractivity contribution in [3.63, 3.8) is 0 Å². The zero-order valence-electron chi connectivity index (χ0n) is 10.8.